The molecule has 3 rings (SSSR count). The van der Waals surface area contributed by atoms with Gasteiger partial charge in [-0.25, -0.2) is 15.0 Å². The molecule has 1 aliphatic carbocycles. The first-order chi connectivity index (χ1) is 13.6. The van der Waals surface area contributed by atoms with Gasteiger partial charge >= 0.3 is 12.2 Å². The summed E-state index contributed by atoms with van der Waals surface area (Å²) in [5.74, 6) is -0.668. The van der Waals surface area contributed by atoms with Crippen LogP contribution in [0.5, 0.6) is 0 Å². The Morgan fingerprint density at radius 1 is 0.857 bits per heavy atom. The minimum atomic E-state index is -0.781. The predicted octanol–water partition coefficient (Wildman–Crippen LogP) is 2.30. The van der Waals surface area contributed by atoms with Crippen molar-refractivity contribution in [1.82, 2.24) is 16.2 Å². The van der Waals surface area contributed by atoms with E-state index >= 15 is 0 Å². The topological polar surface area (TPSA) is 106 Å². The molecule has 0 aromatic heterocycles. The average Bonchev–Trinajstić information content (AvgIpc) is 3.03. The number of carbonyl (C=O) groups is 3. The zero-order valence-corrected chi connectivity index (χ0v) is 15.4. The largest absolute Gasteiger partial charge is 0.449 e. The number of alkyl carbamates (subject to hydrolysis) is 1. The average molecular weight is 383 g/mol. The van der Waals surface area contributed by atoms with Crippen LogP contribution >= 0.6 is 0 Å². The molecule has 8 nitrogen and oxygen atoms in total. The first-order valence-corrected chi connectivity index (χ1v) is 8.90. The fraction of sp³-hybridized carbons (Fsp3) is 0.250. The Hall–Kier alpha value is -3.55. The lowest BCUT2D eigenvalue weighted by Crippen LogP contribution is -2.46. The lowest BCUT2D eigenvalue weighted by molar-refractivity contribution is -0.121. The van der Waals surface area contributed by atoms with Gasteiger partial charge in [-0.2, -0.15) is 0 Å². The Morgan fingerprint density at radius 2 is 1.46 bits per heavy atom. The van der Waals surface area contributed by atoms with Gasteiger partial charge in [0.15, 0.2) is 0 Å². The van der Waals surface area contributed by atoms with E-state index in [4.69, 9.17) is 4.74 Å². The second-order valence-electron chi connectivity index (χ2n) is 6.07. The van der Waals surface area contributed by atoms with Crippen molar-refractivity contribution in [3.8, 4) is 11.1 Å². The number of ether oxygens (including phenoxy) is 2. The second kappa shape index (κ2) is 8.90. The number of fused-ring (bicyclic) bond motifs is 3. The van der Waals surface area contributed by atoms with Crippen LogP contribution in [-0.4, -0.2) is 37.9 Å². The van der Waals surface area contributed by atoms with Crippen LogP contribution in [0.2, 0.25) is 0 Å². The molecule has 0 heterocycles. The molecule has 0 bridgehead atoms. The van der Waals surface area contributed by atoms with E-state index < -0.39 is 18.1 Å². The lowest BCUT2D eigenvalue weighted by Gasteiger charge is -2.14. The highest BCUT2D eigenvalue weighted by Crippen LogP contribution is 2.44. The summed E-state index contributed by atoms with van der Waals surface area (Å²) in [5.41, 5.74) is 8.65. The summed E-state index contributed by atoms with van der Waals surface area (Å²) < 4.78 is 9.91. The van der Waals surface area contributed by atoms with Crippen LogP contribution in [0, 0.1) is 0 Å². The Kier molecular flexibility index (Phi) is 6.11. The monoisotopic (exact) mass is 383 g/mol. The third-order valence-electron chi connectivity index (χ3n) is 4.32. The molecule has 3 amide bonds. The Balaban J connectivity index is 1.50. The normalized spacial score (nSPS) is 11.8. The van der Waals surface area contributed by atoms with Crippen LogP contribution in [0.4, 0.5) is 9.59 Å². The molecule has 8 heteroatoms. The highest BCUT2D eigenvalue weighted by molar-refractivity contribution is 5.84. The van der Waals surface area contributed by atoms with Crippen molar-refractivity contribution in [2.75, 3.05) is 19.8 Å². The van der Waals surface area contributed by atoms with Crippen LogP contribution in [0.15, 0.2) is 48.5 Å². The summed E-state index contributed by atoms with van der Waals surface area (Å²) in [6.07, 6.45) is -1.50. The van der Waals surface area contributed by atoms with Crippen molar-refractivity contribution in [2.45, 2.75) is 12.8 Å². The van der Waals surface area contributed by atoms with Gasteiger partial charge in [0.1, 0.15) is 13.2 Å². The van der Waals surface area contributed by atoms with Gasteiger partial charge in [0, 0.05) is 5.92 Å². The molecule has 3 N–H and O–H groups in total. The van der Waals surface area contributed by atoms with Gasteiger partial charge in [-0.3, -0.25) is 10.2 Å². The Labute approximate surface area is 162 Å². The molecule has 2 aromatic rings. The number of benzene rings is 2. The molecule has 2 aromatic carbocycles. The van der Waals surface area contributed by atoms with E-state index in [1.165, 1.54) is 0 Å². The summed E-state index contributed by atoms with van der Waals surface area (Å²) in [6, 6.07) is 16.0. The van der Waals surface area contributed by atoms with E-state index in [9.17, 15) is 14.4 Å². The zero-order valence-electron chi connectivity index (χ0n) is 15.4. The van der Waals surface area contributed by atoms with E-state index in [0.29, 0.717) is 0 Å². The molecule has 146 valence electrons. The van der Waals surface area contributed by atoms with E-state index in [2.05, 4.69) is 33.0 Å². The molecule has 0 spiro atoms. The van der Waals surface area contributed by atoms with Gasteiger partial charge in [-0.05, 0) is 29.2 Å². The number of hydrogen-bond acceptors (Lipinski definition) is 5. The van der Waals surface area contributed by atoms with Gasteiger partial charge in [0.05, 0.1) is 6.61 Å². The number of amides is 3. The van der Waals surface area contributed by atoms with E-state index in [0.717, 1.165) is 22.3 Å². The molecule has 0 atom stereocenters. The lowest BCUT2D eigenvalue weighted by atomic mass is 9.98. The van der Waals surface area contributed by atoms with Crippen molar-refractivity contribution in [3.63, 3.8) is 0 Å². The van der Waals surface area contributed by atoms with Crippen molar-refractivity contribution < 1.29 is 23.9 Å². The highest BCUT2D eigenvalue weighted by atomic mass is 16.6. The van der Waals surface area contributed by atoms with Gasteiger partial charge < -0.3 is 14.8 Å². The van der Waals surface area contributed by atoms with Gasteiger partial charge in [0.2, 0.25) is 0 Å². The standard InChI is InChI=1S/C20H21N3O5/c1-2-27-20(26)23-22-18(24)11-21-19(25)28-12-17-15-9-5-3-7-13(15)14-8-4-6-10-16(14)17/h3-10,17H,2,11-12H2,1H3,(H,21,25)(H,22,24)(H,23,26). The molecular weight excluding hydrogens is 362 g/mol. The Bertz CT molecular complexity index is 838. The first-order valence-electron chi connectivity index (χ1n) is 8.90. The molecule has 0 fully saturated rings. The van der Waals surface area contributed by atoms with Gasteiger partial charge in [-0.15, -0.1) is 0 Å². The maximum atomic E-state index is 11.9. The summed E-state index contributed by atoms with van der Waals surface area (Å²) in [4.78, 5) is 34.6. The van der Waals surface area contributed by atoms with Crippen LogP contribution in [0.1, 0.15) is 24.0 Å². The number of rotatable bonds is 5. The van der Waals surface area contributed by atoms with Gasteiger partial charge in [-0.1, -0.05) is 48.5 Å². The van der Waals surface area contributed by atoms with Crippen molar-refractivity contribution in [3.05, 3.63) is 59.7 Å². The number of hydrazine groups is 1. The van der Waals surface area contributed by atoms with E-state index in [1.807, 2.05) is 36.4 Å². The van der Waals surface area contributed by atoms with Gasteiger partial charge in [0.25, 0.3) is 5.91 Å². The maximum Gasteiger partial charge on any atom is 0.426 e. The summed E-state index contributed by atoms with van der Waals surface area (Å²) in [7, 11) is 0. The predicted molar refractivity (Wildman–Crippen MR) is 101 cm³/mol. The van der Waals surface area contributed by atoms with Crippen LogP contribution in [0.25, 0.3) is 11.1 Å². The van der Waals surface area contributed by atoms with Crippen LogP contribution < -0.4 is 16.2 Å². The third kappa shape index (κ3) is 4.40. The molecule has 0 aliphatic heterocycles. The maximum absolute atomic E-state index is 11.9. The van der Waals surface area contributed by atoms with Crippen molar-refractivity contribution in [1.29, 1.82) is 0 Å². The summed E-state index contributed by atoms with van der Waals surface area (Å²) in [5, 5.41) is 2.34. The van der Waals surface area contributed by atoms with Crippen molar-refractivity contribution in [2.24, 2.45) is 0 Å². The second-order valence-corrected chi connectivity index (χ2v) is 6.07. The number of nitrogens with one attached hydrogen (secondary N) is 3. The summed E-state index contributed by atoms with van der Waals surface area (Å²) >= 11 is 0. The van der Waals surface area contributed by atoms with Crippen LogP contribution in [-0.2, 0) is 14.3 Å². The minimum Gasteiger partial charge on any atom is -0.449 e. The van der Waals surface area contributed by atoms with Crippen molar-refractivity contribution >= 4 is 18.1 Å². The zero-order chi connectivity index (χ0) is 19.9. The SMILES string of the molecule is CCOC(=O)NNC(=O)CNC(=O)OCC1c2ccccc2-c2ccccc21. The molecule has 0 unspecified atom stereocenters. The highest BCUT2D eigenvalue weighted by Gasteiger charge is 2.28. The number of hydrogen-bond donors (Lipinski definition) is 3. The van der Waals surface area contributed by atoms with Crippen LogP contribution in [0.3, 0.4) is 0 Å². The fourth-order valence-electron chi connectivity index (χ4n) is 3.13. The molecule has 0 saturated carbocycles. The Morgan fingerprint density at radius 3 is 2.07 bits per heavy atom. The fourth-order valence-corrected chi connectivity index (χ4v) is 3.13. The minimum absolute atomic E-state index is 0.0579. The molecule has 28 heavy (non-hydrogen) atoms. The van der Waals surface area contributed by atoms with E-state index in [-0.39, 0.29) is 25.7 Å². The summed E-state index contributed by atoms with van der Waals surface area (Å²) in [6.45, 7) is 1.63. The molecular formula is C20H21N3O5. The quantitative estimate of drug-likeness (QED) is 0.687. The smallest absolute Gasteiger partial charge is 0.426 e. The third-order valence-corrected chi connectivity index (χ3v) is 4.32. The first kappa shape index (κ1) is 19.2. The van der Waals surface area contributed by atoms with E-state index in [1.54, 1.807) is 6.92 Å². The molecule has 0 saturated heterocycles. The number of carbonyl (C=O) groups excluding carboxylic acids is 3. The molecule has 1 aliphatic rings. The molecule has 0 radical (unpaired) electrons.